The van der Waals surface area contributed by atoms with E-state index >= 15 is 0 Å². The SMILES string of the molecule is CC(CC1CCCN1)Nc1cccc(C(=O)O)c1. The van der Waals surface area contributed by atoms with Gasteiger partial charge in [0.2, 0.25) is 0 Å². The first-order valence-electron chi connectivity index (χ1n) is 6.48. The predicted octanol–water partition coefficient (Wildman–Crippen LogP) is 2.33. The van der Waals surface area contributed by atoms with Crippen molar-refractivity contribution in [3.63, 3.8) is 0 Å². The Bertz CT molecular complexity index is 414. The molecule has 0 saturated carbocycles. The van der Waals surface area contributed by atoms with Crippen LogP contribution >= 0.6 is 0 Å². The average Bonchev–Trinajstić information content (AvgIpc) is 2.82. The van der Waals surface area contributed by atoms with E-state index in [1.807, 2.05) is 6.07 Å². The van der Waals surface area contributed by atoms with Crippen LogP contribution in [0, 0.1) is 0 Å². The largest absolute Gasteiger partial charge is 0.478 e. The van der Waals surface area contributed by atoms with Gasteiger partial charge in [0, 0.05) is 17.8 Å². The second-order valence-corrected chi connectivity index (χ2v) is 4.96. The van der Waals surface area contributed by atoms with Gasteiger partial charge in [-0.15, -0.1) is 0 Å². The summed E-state index contributed by atoms with van der Waals surface area (Å²) in [6.45, 7) is 3.25. The molecule has 1 fully saturated rings. The van der Waals surface area contributed by atoms with E-state index in [0.29, 0.717) is 17.6 Å². The molecule has 1 aromatic rings. The first kappa shape index (κ1) is 12.9. The van der Waals surface area contributed by atoms with Crippen molar-refractivity contribution < 1.29 is 9.90 Å². The van der Waals surface area contributed by atoms with E-state index < -0.39 is 5.97 Å². The van der Waals surface area contributed by atoms with Crippen LogP contribution in [0.5, 0.6) is 0 Å². The van der Waals surface area contributed by atoms with E-state index in [0.717, 1.165) is 18.7 Å². The van der Waals surface area contributed by atoms with E-state index in [1.54, 1.807) is 18.2 Å². The second kappa shape index (κ2) is 5.87. The fourth-order valence-corrected chi connectivity index (χ4v) is 2.47. The number of hydrogen-bond donors (Lipinski definition) is 3. The predicted molar refractivity (Wildman–Crippen MR) is 72.1 cm³/mol. The summed E-state index contributed by atoms with van der Waals surface area (Å²) in [4.78, 5) is 10.9. The molecule has 1 aromatic carbocycles. The zero-order chi connectivity index (χ0) is 13.0. The zero-order valence-electron chi connectivity index (χ0n) is 10.6. The van der Waals surface area contributed by atoms with E-state index in [4.69, 9.17) is 5.11 Å². The number of carbonyl (C=O) groups is 1. The van der Waals surface area contributed by atoms with Gasteiger partial charge >= 0.3 is 5.97 Å². The smallest absolute Gasteiger partial charge is 0.335 e. The van der Waals surface area contributed by atoms with Crippen molar-refractivity contribution in [3.05, 3.63) is 29.8 Å². The Kier molecular flexibility index (Phi) is 4.20. The summed E-state index contributed by atoms with van der Waals surface area (Å²) in [5, 5.41) is 15.8. The van der Waals surface area contributed by atoms with Crippen LogP contribution in [-0.4, -0.2) is 29.7 Å². The van der Waals surface area contributed by atoms with Crippen molar-refractivity contribution >= 4 is 11.7 Å². The van der Waals surface area contributed by atoms with Crippen LogP contribution < -0.4 is 10.6 Å². The molecule has 98 valence electrons. The van der Waals surface area contributed by atoms with E-state index in [2.05, 4.69) is 17.6 Å². The minimum absolute atomic E-state index is 0.325. The van der Waals surface area contributed by atoms with Crippen molar-refractivity contribution in [2.75, 3.05) is 11.9 Å². The molecular weight excluding hydrogens is 228 g/mol. The van der Waals surface area contributed by atoms with Gasteiger partial charge in [-0.25, -0.2) is 4.79 Å². The highest BCUT2D eigenvalue weighted by atomic mass is 16.4. The Balaban J connectivity index is 1.91. The number of anilines is 1. The number of aromatic carboxylic acids is 1. The van der Waals surface area contributed by atoms with Crippen LogP contribution in [0.1, 0.15) is 36.5 Å². The van der Waals surface area contributed by atoms with Gasteiger partial charge < -0.3 is 15.7 Å². The number of nitrogens with one attached hydrogen (secondary N) is 2. The highest BCUT2D eigenvalue weighted by Gasteiger charge is 2.17. The molecule has 0 aliphatic carbocycles. The molecule has 1 heterocycles. The van der Waals surface area contributed by atoms with Gasteiger partial charge in [0.1, 0.15) is 0 Å². The summed E-state index contributed by atoms with van der Waals surface area (Å²) in [5.41, 5.74) is 1.20. The minimum Gasteiger partial charge on any atom is -0.478 e. The van der Waals surface area contributed by atoms with Gasteiger partial charge in [0.15, 0.2) is 0 Å². The molecule has 0 amide bonds. The molecule has 3 N–H and O–H groups in total. The third kappa shape index (κ3) is 3.47. The molecule has 1 aliphatic heterocycles. The summed E-state index contributed by atoms with van der Waals surface area (Å²) in [6.07, 6.45) is 3.56. The maximum absolute atomic E-state index is 10.9. The van der Waals surface area contributed by atoms with Gasteiger partial charge in [0.05, 0.1) is 5.56 Å². The topological polar surface area (TPSA) is 61.4 Å². The molecule has 0 spiro atoms. The molecule has 2 rings (SSSR count). The number of carboxylic acids is 1. The van der Waals surface area contributed by atoms with Crippen molar-refractivity contribution in [1.82, 2.24) is 5.32 Å². The summed E-state index contributed by atoms with van der Waals surface area (Å²) in [5.74, 6) is -0.885. The lowest BCUT2D eigenvalue weighted by atomic mass is 10.1. The van der Waals surface area contributed by atoms with Crippen LogP contribution in [0.15, 0.2) is 24.3 Å². The Morgan fingerprint density at radius 2 is 2.44 bits per heavy atom. The normalized spacial score (nSPS) is 20.6. The fourth-order valence-electron chi connectivity index (χ4n) is 2.47. The van der Waals surface area contributed by atoms with Crippen molar-refractivity contribution in [1.29, 1.82) is 0 Å². The summed E-state index contributed by atoms with van der Waals surface area (Å²) in [7, 11) is 0. The zero-order valence-corrected chi connectivity index (χ0v) is 10.6. The first-order chi connectivity index (χ1) is 8.65. The van der Waals surface area contributed by atoms with Gasteiger partial charge in [-0.3, -0.25) is 0 Å². The molecule has 1 saturated heterocycles. The van der Waals surface area contributed by atoms with Crippen molar-refractivity contribution in [2.45, 2.75) is 38.3 Å². The Labute approximate surface area is 107 Å². The third-order valence-electron chi connectivity index (χ3n) is 3.32. The number of hydrogen-bond acceptors (Lipinski definition) is 3. The average molecular weight is 248 g/mol. The molecule has 2 unspecified atom stereocenters. The lowest BCUT2D eigenvalue weighted by Gasteiger charge is -2.19. The maximum atomic E-state index is 10.9. The summed E-state index contributed by atoms with van der Waals surface area (Å²) >= 11 is 0. The van der Waals surface area contributed by atoms with E-state index in [1.165, 1.54) is 12.8 Å². The number of rotatable bonds is 5. The number of carboxylic acid groups (broad SMARTS) is 1. The fraction of sp³-hybridized carbons (Fsp3) is 0.500. The molecule has 18 heavy (non-hydrogen) atoms. The van der Waals surface area contributed by atoms with Crippen LogP contribution in [0.2, 0.25) is 0 Å². The van der Waals surface area contributed by atoms with E-state index in [-0.39, 0.29) is 0 Å². The Morgan fingerprint density at radius 3 is 3.11 bits per heavy atom. The summed E-state index contributed by atoms with van der Waals surface area (Å²) in [6, 6.07) is 7.90. The van der Waals surface area contributed by atoms with Gasteiger partial charge in [-0.05, 0) is 50.9 Å². The molecule has 0 radical (unpaired) electrons. The van der Waals surface area contributed by atoms with Crippen molar-refractivity contribution in [2.24, 2.45) is 0 Å². The second-order valence-electron chi connectivity index (χ2n) is 4.96. The van der Waals surface area contributed by atoms with Crippen LogP contribution in [0.25, 0.3) is 0 Å². The van der Waals surface area contributed by atoms with Crippen LogP contribution in [-0.2, 0) is 0 Å². The molecule has 0 bridgehead atoms. The van der Waals surface area contributed by atoms with Crippen molar-refractivity contribution in [3.8, 4) is 0 Å². The van der Waals surface area contributed by atoms with E-state index in [9.17, 15) is 4.79 Å². The quantitative estimate of drug-likeness (QED) is 0.748. The monoisotopic (exact) mass is 248 g/mol. The highest BCUT2D eigenvalue weighted by molar-refractivity contribution is 5.88. The highest BCUT2D eigenvalue weighted by Crippen LogP contribution is 2.16. The van der Waals surface area contributed by atoms with Crippen LogP contribution in [0.3, 0.4) is 0 Å². The minimum atomic E-state index is -0.885. The molecule has 1 aliphatic rings. The molecule has 4 nitrogen and oxygen atoms in total. The standard InChI is InChI=1S/C14H20N2O2/c1-10(8-12-6-3-7-15-12)16-13-5-2-4-11(9-13)14(17)18/h2,4-5,9-10,12,15-16H,3,6-8H2,1H3,(H,17,18). The van der Waals surface area contributed by atoms with Gasteiger partial charge in [-0.2, -0.15) is 0 Å². The van der Waals surface area contributed by atoms with Crippen LogP contribution in [0.4, 0.5) is 5.69 Å². The third-order valence-corrected chi connectivity index (χ3v) is 3.32. The first-order valence-corrected chi connectivity index (χ1v) is 6.48. The van der Waals surface area contributed by atoms with Gasteiger partial charge in [-0.1, -0.05) is 6.07 Å². The lowest BCUT2D eigenvalue weighted by Crippen LogP contribution is -2.29. The molecule has 2 atom stereocenters. The summed E-state index contributed by atoms with van der Waals surface area (Å²) < 4.78 is 0. The van der Waals surface area contributed by atoms with Gasteiger partial charge in [0.25, 0.3) is 0 Å². The number of benzene rings is 1. The Hall–Kier alpha value is -1.55. The molecular formula is C14H20N2O2. The maximum Gasteiger partial charge on any atom is 0.335 e. The lowest BCUT2D eigenvalue weighted by molar-refractivity contribution is 0.0697. The molecule has 0 aromatic heterocycles. The molecule has 4 heteroatoms. The Morgan fingerprint density at radius 1 is 1.61 bits per heavy atom.